The summed E-state index contributed by atoms with van der Waals surface area (Å²) in [5.41, 5.74) is 1.48. The molecule has 2 aromatic rings. The van der Waals surface area contributed by atoms with E-state index >= 15 is 0 Å². The molecule has 2 N–H and O–H groups in total. The fourth-order valence-corrected chi connectivity index (χ4v) is 1.85. The molecular weight excluding hydrogens is 272 g/mol. The lowest BCUT2D eigenvalue weighted by atomic mass is 10.2. The number of urea groups is 1. The Morgan fingerprint density at radius 2 is 2.19 bits per heavy atom. The van der Waals surface area contributed by atoms with Crippen LogP contribution < -0.4 is 5.32 Å². The van der Waals surface area contributed by atoms with Crippen molar-refractivity contribution in [3.8, 4) is 0 Å². The Labute approximate surface area is 121 Å². The number of carboxylic acids is 1. The minimum absolute atomic E-state index is 0.128. The third-order valence-electron chi connectivity index (χ3n) is 2.89. The third kappa shape index (κ3) is 3.82. The first kappa shape index (κ1) is 14.6. The number of aromatic nitrogens is 2. The van der Waals surface area contributed by atoms with Gasteiger partial charge in [-0.3, -0.25) is 4.68 Å². The average molecular weight is 288 g/mol. The van der Waals surface area contributed by atoms with Crippen LogP contribution in [0.5, 0.6) is 0 Å². The fraction of sp³-hybridized carbons (Fsp3) is 0.214. The monoisotopic (exact) mass is 288 g/mol. The van der Waals surface area contributed by atoms with Crippen molar-refractivity contribution in [2.45, 2.75) is 6.54 Å². The van der Waals surface area contributed by atoms with Crippen LogP contribution in [0, 0.1) is 0 Å². The molecule has 0 saturated heterocycles. The number of carbonyl (C=O) groups excluding carboxylic acids is 1. The minimum Gasteiger partial charge on any atom is -0.478 e. The number of hydrogen-bond acceptors (Lipinski definition) is 3. The number of amides is 2. The van der Waals surface area contributed by atoms with Gasteiger partial charge in [-0.15, -0.1) is 0 Å². The van der Waals surface area contributed by atoms with Crippen molar-refractivity contribution in [1.82, 2.24) is 14.7 Å². The summed E-state index contributed by atoms with van der Waals surface area (Å²) in [6.45, 7) is 0.415. The minimum atomic E-state index is -1.03. The van der Waals surface area contributed by atoms with Gasteiger partial charge >= 0.3 is 12.0 Å². The summed E-state index contributed by atoms with van der Waals surface area (Å²) in [5, 5.41) is 15.6. The van der Waals surface area contributed by atoms with Gasteiger partial charge in [0.2, 0.25) is 0 Å². The Hall–Kier alpha value is -2.83. The topological polar surface area (TPSA) is 87.5 Å². The number of anilines is 1. The molecule has 1 heterocycles. The summed E-state index contributed by atoms with van der Waals surface area (Å²) in [4.78, 5) is 24.4. The molecule has 2 amide bonds. The molecule has 0 aliphatic carbocycles. The van der Waals surface area contributed by atoms with Gasteiger partial charge in [-0.25, -0.2) is 9.59 Å². The van der Waals surface area contributed by atoms with Gasteiger partial charge in [-0.1, -0.05) is 6.07 Å². The van der Waals surface area contributed by atoms with Crippen LogP contribution in [0.3, 0.4) is 0 Å². The first-order valence-corrected chi connectivity index (χ1v) is 6.28. The van der Waals surface area contributed by atoms with Crippen molar-refractivity contribution in [2.75, 3.05) is 12.4 Å². The molecule has 0 saturated carbocycles. The van der Waals surface area contributed by atoms with Crippen LogP contribution in [0.15, 0.2) is 36.7 Å². The van der Waals surface area contributed by atoms with Crippen LogP contribution in [0.2, 0.25) is 0 Å². The first-order valence-electron chi connectivity index (χ1n) is 6.28. The van der Waals surface area contributed by atoms with Gasteiger partial charge in [0.25, 0.3) is 0 Å². The second-order valence-corrected chi connectivity index (χ2v) is 4.69. The summed E-state index contributed by atoms with van der Waals surface area (Å²) < 4.78 is 1.66. The predicted molar refractivity (Wildman–Crippen MR) is 77.1 cm³/mol. The van der Waals surface area contributed by atoms with Crippen molar-refractivity contribution >= 4 is 17.7 Å². The number of rotatable bonds is 4. The van der Waals surface area contributed by atoms with Crippen LogP contribution in [0.1, 0.15) is 15.9 Å². The smallest absolute Gasteiger partial charge is 0.335 e. The van der Waals surface area contributed by atoms with Crippen molar-refractivity contribution in [3.05, 3.63) is 47.8 Å². The SMILES string of the molecule is CN(Cc1cnn(C)c1)C(=O)Nc1cccc(C(=O)O)c1. The van der Waals surface area contributed by atoms with Gasteiger partial charge in [0.05, 0.1) is 18.3 Å². The standard InChI is InChI=1S/C14H16N4O3/c1-17(8-10-7-15-18(2)9-10)14(21)16-12-5-3-4-11(6-12)13(19)20/h3-7,9H,8H2,1-2H3,(H,16,21)(H,19,20). The van der Waals surface area contributed by atoms with E-state index in [0.717, 1.165) is 5.56 Å². The molecule has 0 aliphatic rings. The number of carbonyl (C=O) groups is 2. The lowest BCUT2D eigenvalue weighted by molar-refractivity contribution is 0.0697. The zero-order chi connectivity index (χ0) is 15.4. The van der Waals surface area contributed by atoms with Crippen molar-refractivity contribution in [3.63, 3.8) is 0 Å². The van der Waals surface area contributed by atoms with Gasteiger partial charge in [0.15, 0.2) is 0 Å². The highest BCUT2D eigenvalue weighted by atomic mass is 16.4. The number of benzene rings is 1. The second kappa shape index (κ2) is 6.08. The predicted octanol–water partition coefficient (Wildman–Crippen LogP) is 1.78. The Balaban J connectivity index is 2.00. The maximum Gasteiger partial charge on any atom is 0.335 e. The van der Waals surface area contributed by atoms with Gasteiger partial charge in [-0.05, 0) is 18.2 Å². The Kier molecular flexibility index (Phi) is 4.22. The molecule has 0 aliphatic heterocycles. The largest absolute Gasteiger partial charge is 0.478 e. The van der Waals surface area contributed by atoms with E-state index in [9.17, 15) is 9.59 Å². The van der Waals surface area contributed by atoms with Crippen LogP contribution in [0.4, 0.5) is 10.5 Å². The summed E-state index contributed by atoms with van der Waals surface area (Å²) in [5.74, 6) is -1.03. The summed E-state index contributed by atoms with van der Waals surface area (Å²) in [6, 6.07) is 5.79. The molecule has 0 atom stereocenters. The molecule has 7 heteroatoms. The lowest BCUT2D eigenvalue weighted by Crippen LogP contribution is -2.30. The van der Waals surface area contributed by atoms with E-state index in [0.29, 0.717) is 12.2 Å². The summed E-state index contributed by atoms with van der Waals surface area (Å²) >= 11 is 0. The van der Waals surface area contributed by atoms with Gasteiger partial charge < -0.3 is 15.3 Å². The van der Waals surface area contributed by atoms with Gasteiger partial charge in [0, 0.05) is 31.5 Å². The van der Waals surface area contributed by atoms with Crippen molar-refractivity contribution < 1.29 is 14.7 Å². The van der Waals surface area contributed by atoms with E-state index in [-0.39, 0.29) is 11.6 Å². The Bertz CT molecular complexity index is 666. The number of carboxylic acid groups (broad SMARTS) is 1. The van der Waals surface area contributed by atoms with Crippen molar-refractivity contribution in [2.24, 2.45) is 7.05 Å². The normalized spacial score (nSPS) is 10.2. The van der Waals surface area contributed by atoms with Crippen LogP contribution in [-0.2, 0) is 13.6 Å². The van der Waals surface area contributed by atoms with Crippen LogP contribution in [-0.4, -0.2) is 38.8 Å². The van der Waals surface area contributed by atoms with E-state index in [1.54, 1.807) is 37.1 Å². The number of nitrogens with zero attached hydrogens (tertiary/aromatic N) is 3. The van der Waals surface area contributed by atoms with E-state index in [1.165, 1.54) is 17.0 Å². The quantitative estimate of drug-likeness (QED) is 0.897. The van der Waals surface area contributed by atoms with E-state index < -0.39 is 5.97 Å². The molecule has 1 aromatic heterocycles. The summed E-state index contributed by atoms with van der Waals surface area (Å²) in [7, 11) is 3.46. The van der Waals surface area contributed by atoms with E-state index in [1.807, 2.05) is 6.20 Å². The highest BCUT2D eigenvalue weighted by Crippen LogP contribution is 2.12. The zero-order valence-electron chi connectivity index (χ0n) is 11.8. The van der Waals surface area contributed by atoms with Gasteiger partial charge in [0.1, 0.15) is 0 Å². The van der Waals surface area contributed by atoms with Crippen LogP contribution in [0.25, 0.3) is 0 Å². The van der Waals surface area contributed by atoms with Gasteiger partial charge in [-0.2, -0.15) is 5.10 Å². The molecular formula is C14H16N4O3. The molecule has 0 fully saturated rings. The van der Waals surface area contributed by atoms with Crippen molar-refractivity contribution in [1.29, 1.82) is 0 Å². The lowest BCUT2D eigenvalue weighted by Gasteiger charge is -2.17. The highest BCUT2D eigenvalue weighted by molar-refractivity contribution is 5.93. The second-order valence-electron chi connectivity index (χ2n) is 4.69. The molecule has 0 spiro atoms. The third-order valence-corrected chi connectivity index (χ3v) is 2.89. The first-order chi connectivity index (χ1) is 9.95. The van der Waals surface area contributed by atoms with E-state index in [2.05, 4.69) is 10.4 Å². The molecule has 110 valence electrons. The average Bonchev–Trinajstić information content (AvgIpc) is 2.84. The highest BCUT2D eigenvalue weighted by Gasteiger charge is 2.11. The Morgan fingerprint density at radius 3 is 2.81 bits per heavy atom. The molecule has 2 rings (SSSR count). The molecule has 21 heavy (non-hydrogen) atoms. The maximum absolute atomic E-state index is 12.0. The fourth-order valence-electron chi connectivity index (χ4n) is 1.85. The Morgan fingerprint density at radius 1 is 1.43 bits per heavy atom. The number of aryl methyl sites for hydroxylation is 1. The molecule has 7 nitrogen and oxygen atoms in total. The molecule has 0 bridgehead atoms. The van der Waals surface area contributed by atoms with Crippen LogP contribution >= 0.6 is 0 Å². The molecule has 0 radical (unpaired) electrons. The zero-order valence-corrected chi connectivity index (χ0v) is 11.8. The number of aromatic carboxylic acids is 1. The molecule has 1 aromatic carbocycles. The number of hydrogen-bond donors (Lipinski definition) is 2. The molecule has 0 unspecified atom stereocenters. The van der Waals surface area contributed by atoms with E-state index in [4.69, 9.17) is 5.11 Å². The summed E-state index contributed by atoms with van der Waals surface area (Å²) in [6.07, 6.45) is 3.52. The maximum atomic E-state index is 12.0. The number of nitrogens with one attached hydrogen (secondary N) is 1.